The lowest BCUT2D eigenvalue weighted by atomic mass is 10.1. The van der Waals surface area contributed by atoms with Crippen molar-refractivity contribution >= 4 is 23.4 Å². The van der Waals surface area contributed by atoms with Crippen LogP contribution in [0, 0.1) is 6.92 Å². The average Bonchev–Trinajstić information content (AvgIpc) is 2.16. The topological polar surface area (TPSA) is 56.2 Å². The molecule has 3 nitrogen and oxygen atoms in total. The van der Waals surface area contributed by atoms with E-state index in [0.29, 0.717) is 16.7 Å². The molecule has 0 bridgehead atoms. The molecule has 0 aliphatic rings. The van der Waals surface area contributed by atoms with E-state index in [9.17, 15) is 4.79 Å². The normalized spacial score (nSPS) is 10.0. The number of fused-ring (bicyclic) bond motifs is 1. The molecule has 0 aliphatic heterocycles. The lowest BCUT2D eigenvalue weighted by molar-refractivity contribution is 0.539. The molecule has 0 saturated heterocycles. The Morgan fingerprint density at radius 2 is 2.07 bits per heavy atom. The Hall–Kier alpha value is -1.32. The van der Waals surface area contributed by atoms with Gasteiger partial charge in [0, 0.05) is 6.07 Å². The Balaban J connectivity index is 0.00000112. The van der Waals surface area contributed by atoms with Crippen molar-refractivity contribution in [3.05, 3.63) is 45.8 Å². The van der Waals surface area contributed by atoms with Crippen LogP contribution in [0.2, 0.25) is 0 Å². The summed E-state index contributed by atoms with van der Waals surface area (Å²) in [5, 5.41) is 0.604. The number of hydrogen-bond acceptors (Lipinski definition) is 3. The van der Waals surface area contributed by atoms with Gasteiger partial charge in [-0.05, 0) is 24.6 Å². The second-order valence-corrected chi connectivity index (χ2v) is 3.28. The standard InChI is InChI=1S/C11H11NO2.ClH/c1-7-2-3-9-10(13)5-8(6-12)14-11(9)4-7;/h2-5H,6,12H2,1H3;1H. The highest BCUT2D eigenvalue weighted by Crippen LogP contribution is 2.13. The summed E-state index contributed by atoms with van der Waals surface area (Å²) in [4.78, 5) is 11.6. The third-order valence-electron chi connectivity index (χ3n) is 2.14. The van der Waals surface area contributed by atoms with Crippen molar-refractivity contribution in [3.63, 3.8) is 0 Å². The molecular weight excluding hydrogens is 214 g/mol. The Kier molecular flexibility index (Phi) is 3.50. The molecule has 0 unspecified atom stereocenters. The summed E-state index contributed by atoms with van der Waals surface area (Å²) in [5.74, 6) is 0.521. The summed E-state index contributed by atoms with van der Waals surface area (Å²) in [5.41, 5.74) is 7.05. The van der Waals surface area contributed by atoms with Gasteiger partial charge in [0.15, 0.2) is 5.43 Å². The zero-order valence-electron chi connectivity index (χ0n) is 8.32. The highest BCUT2D eigenvalue weighted by atomic mass is 35.5. The number of benzene rings is 1. The SMILES string of the molecule is Cc1ccc2c(=O)cc(CN)oc2c1.Cl. The molecule has 2 N–H and O–H groups in total. The van der Waals surface area contributed by atoms with Crippen LogP contribution in [0.25, 0.3) is 11.0 Å². The Bertz CT molecular complexity index is 534. The van der Waals surface area contributed by atoms with Crippen LogP contribution in [-0.2, 0) is 6.54 Å². The summed E-state index contributed by atoms with van der Waals surface area (Å²) in [7, 11) is 0. The molecule has 4 heteroatoms. The van der Waals surface area contributed by atoms with Gasteiger partial charge >= 0.3 is 0 Å². The van der Waals surface area contributed by atoms with Gasteiger partial charge in [-0.3, -0.25) is 4.79 Å². The molecule has 0 fully saturated rings. The van der Waals surface area contributed by atoms with Crippen molar-refractivity contribution < 1.29 is 4.42 Å². The molecular formula is C11H12ClNO2. The predicted molar refractivity (Wildman–Crippen MR) is 62.4 cm³/mol. The lowest BCUT2D eigenvalue weighted by Crippen LogP contribution is -2.05. The van der Waals surface area contributed by atoms with E-state index in [0.717, 1.165) is 5.56 Å². The van der Waals surface area contributed by atoms with Gasteiger partial charge in [-0.15, -0.1) is 12.4 Å². The largest absolute Gasteiger partial charge is 0.459 e. The van der Waals surface area contributed by atoms with Crippen LogP contribution in [0.3, 0.4) is 0 Å². The molecule has 0 spiro atoms. The number of rotatable bonds is 1. The fourth-order valence-corrected chi connectivity index (χ4v) is 1.41. The molecule has 0 atom stereocenters. The van der Waals surface area contributed by atoms with Crippen LogP contribution in [0.5, 0.6) is 0 Å². The van der Waals surface area contributed by atoms with Crippen LogP contribution >= 0.6 is 12.4 Å². The molecule has 0 amide bonds. The summed E-state index contributed by atoms with van der Waals surface area (Å²) in [6.45, 7) is 2.20. The van der Waals surface area contributed by atoms with Gasteiger partial charge in [0.05, 0.1) is 11.9 Å². The molecule has 2 aromatic rings. The van der Waals surface area contributed by atoms with Gasteiger partial charge in [-0.2, -0.15) is 0 Å². The maximum atomic E-state index is 11.6. The van der Waals surface area contributed by atoms with E-state index in [1.165, 1.54) is 6.07 Å². The van der Waals surface area contributed by atoms with E-state index in [-0.39, 0.29) is 24.4 Å². The summed E-state index contributed by atoms with van der Waals surface area (Å²) < 4.78 is 5.45. The summed E-state index contributed by atoms with van der Waals surface area (Å²) >= 11 is 0. The fourth-order valence-electron chi connectivity index (χ4n) is 1.41. The summed E-state index contributed by atoms with van der Waals surface area (Å²) in [6, 6.07) is 6.95. The average molecular weight is 226 g/mol. The highest BCUT2D eigenvalue weighted by Gasteiger charge is 2.02. The number of hydrogen-bond donors (Lipinski definition) is 1. The van der Waals surface area contributed by atoms with Crippen LogP contribution in [0.4, 0.5) is 0 Å². The van der Waals surface area contributed by atoms with Crippen molar-refractivity contribution in [2.75, 3.05) is 0 Å². The van der Waals surface area contributed by atoms with Crippen molar-refractivity contribution in [2.45, 2.75) is 13.5 Å². The molecule has 0 aliphatic carbocycles. The molecule has 80 valence electrons. The van der Waals surface area contributed by atoms with Gasteiger partial charge in [0.1, 0.15) is 11.3 Å². The molecule has 15 heavy (non-hydrogen) atoms. The number of halogens is 1. The minimum atomic E-state index is -0.0355. The lowest BCUT2D eigenvalue weighted by Gasteiger charge is -2.00. The van der Waals surface area contributed by atoms with Crippen molar-refractivity contribution in [1.29, 1.82) is 0 Å². The molecule has 1 aromatic carbocycles. The minimum Gasteiger partial charge on any atom is -0.459 e. The monoisotopic (exact) mass is 225 g/mol. The van der Waals surface area contributed by atoms with Gasteiger partial charge in [0.25, 0.3) is 0 Å². The van der Waals surface area contributed by atoms with Crippen LogP contribution in [0.15, 0.2) is 33.5 Å². The number of nitrogens with two attached hydrogens (primary N) is 1. The maximum absolute atomic E-state index is 11.6. The quantitative estimate of drug-likeness (QED) is 0.808. The Labute approximate surface area is 93.3 Å². The molecule has 2 rings (SSSR count). The highest BCUT2D eigenvalue weighted by molar-refractivity contribution is 5.85. The van der Waals surface area contributed by atoms with Crippen molar-refractivity contribution in [2.24, 2.45) is 5.73 Å². The Morgan fingerprint density at radius 3 is 2.73 bits per heavy atom. The first-order valence-corrected chi connectivity index (χ1v) is 4.44. The number of aryl methyl sites for hydroxylation is 1. The van der Waals surface area contributed by atoms with Crippen LogP contribution in [-0.4, -0.2) is 0 Å². The Morgan fingerprint density at radius 1 is 1.33 bits per heavy atom. The predicted octanol–water partition coefficient (Wildman–Crippen LogP) is 1.98. The third-order valence-corrected chi connectivity index (χ3v) is 2.14. The van der Waals surface area contributed by atoms with Gasteiger partial charge in [-0.25, -0.2) is 0 Å². The smallest absolute Gasteiger partial charge is 0.192 e. The van der Waals surface area contributed by atoms with E-state index in [4.69, 9.17) is 10.2 Å². The zero-order valence-corrected chi connectivity index (χ0v) is 9.14. The van der Waals surface area contributed by atoms with Crippen LogP contribution < -0.4 is 11.2 Å². The minimum absolute atomic E-state index is 0. The molecule has 1 aromatic heterocycles. The maximum Gasteiger partial charge on any atom is 0.192 e. The van der Waals surface area contributed by atoms with Crippen molar-refractivity contribution in [3.8, 4) is 0 Å². The third kappa shape index (κ3) is 2.19. The van der Waals surface area contributed by atoms with Gasteiger partial charge in [-0.1, -0.05) is 6.07 Å². The first kappa shape index (κ1) is 11.8. The van der Waals surface area contributed by atoms with Gasteiger partial charge in [0.2, 0.25) is 0 Å². The fraction of sp³-hybridized carbons (Fsp3) is 0.182. The molecule has 0 radical (unpaired) electrons. The van der Waals surface area contributed by atoms with E-state index < -0.39 is 0 Å². The first-order valence-electron chi connectivity index (χ1n) is 4.44. The van der Waals surface area contributed by atoms with Crippen molar-refractivity contribution in [1.82, 2.24) is 0 Å². The second-order valence-electron chi connectivity index (χ2n) is 3.28. The van der Waals surface area contributed by atoms with E-state index >= 15 is 0 Å². The first-order chi connectivity index (χ1) is 6.70. The van der Waals surface area contributed by atoms with Crippen LogP contribution in [0.1, 0.15) is 11.3 Å². The summed E-state index contributed by atoms with van der Waals surface area (Å²) in [6.07, 6.45) is 0. The van der Waals surface area contributed by atoms with E-state index in [1.807, 2.05) is 19.1 Å². The zero-order chi connectivity index (χ0) is 10.1. The van der Waals surface area contributed by atoms with E-state index in [1.54, 1.807) is 6.07 Å². The van der Waals surface area contributed by atoms with Gasteiger partial charge < -0.3 is 10.2 Å². The second kappa shape index (κ2) is 4.47. The molecule has 0 saturated carbocycles. The van der Waals surface area contributed by atoms with E-state index in [2.05, 4.69) is 0 Å². The molecule has 1 heterocycles.